The fourth-order valence-corrected chi connectivity index (χ4v) is 4.98. The Morgan fingerprint density at radius 3 is 2.36 bits per heavy atom. The van der Waals surface area contributed by atoms with E-state index < -0.39 is 41.4 Å². The molecule has 288 valence electrons. The lowest BCUT2D eigenvalue weighted by atomic mass is 10.00. The number of nitrogen functional groups attached to an aromatic ring is 1. The summed E-state index contributed by atoms with van der Waals surface area (Å²) >= 11 is 3.54. The van der Waals surface area contributed by atoms with Gasteiger partial charge in [-0.3, -0.25) is 4.98 Å². The number of alkyl halides is 3. The zero-order valence-corrected chi connectivity index (χ0v) is 31.5. The minimum absolute atomic E-state index is 0.107. The predicted octanol–water partition coefficient (Wildman–Crippen LogP) is 6.41. The molecule has 6 N–H and O–H groups in total. The highest BCUT2D eigenvalue weighted by Gasteiger charge is 2.38. The van der Waals surface area contributed by atoms with Crippen LogP contribution in [0.15, 0.2) is 63.9 Å². The minimum Gasteiger partial charge on any atom is -0.489 e. The van der Waals surface area contributed by atoms with Crippen molar-refractivity contribution in [2.24, 2.45) is 0 Å². The van der Waals surface area contributed by atoms with Crippen LogP contribution in [-0.4, -0.2) is 75.9 Å². The first-order valence-corrected chi connectivity index (χ1v) is 16.9. The Morgan fingerprint density at radius 1 is 1.11 bits per heavy atom. The van der Waals surface area contributed by atoms with Crippen LogP contribution in [0.25, 0.3) is 5.69 Å². The number of rotatable bonds is 12. The highest BCUT2D eigenvalue weighted by molar-refractivity contribution is 9.10. The number of nitrogens with one attached hydrogen (secondary N) is 3. The van der Waals surface area contributed by atoms with Crippen molar-refractivity contribution in [1.29, 1.82) is 0 Å². The number of aliphatic carboxylic acids is 1. The number of alkyl carbamates (subject to hydrolysis) is 1. The van der Waals surface area contributed by atoms with Gasteiger partial charge < -0.3 is 35.8 Å². The number of likely N-dealkylation sites (N-methyl/N-ethyl adjacent to an activating group) is 1. The molecular formula is C35H42BrF4N7O6. The Kier molecular flexibility index (Phi) is 14.4. The fraction of sp³-hybridized carbons (Fsp3) is 0.371. The number of carbonyl (C=O) groups excluding carboxylic acids is 1. The second kappa shape index (κ2) is 18.1. The number of anilines is 2. The number of hydrogen-bond donors (Lipinski definition) is 5. The standard InChI is InChI=1S/C33H41BrFN7O4.C2HF3O2/c1-7-20-16-23(28(35)27(17-20)45-15-14-41(5)6)29(30-39-31(43)42(40-30)26-11-9-8-10-25(26)36)38-22-12-13-24(34)21(18-22)19-37-32(44)46-33(2,3)4;3-2(4,5)1(6)7/h8-13,16-18,29,38H,7,14-15,19,36H2,1-6H3,(H,37,44)(H,39,40,43);(H,6,7). The van der Waals surface area contributed by atoms with E-state index in [1.807, 2.05) is 38.1 Å². The molecule has 0 saturated heterocycles. The van der Waals surface area contributed by atoms with Crippen molar-refractivity contribution in [2.75, 3.05) is 38.3 Å². The van der Waals surface area contributed by atoms with E-state index in [2.05, 4.69) is 36.6 Å². The van der Waals surface area contributed by atoms with Crippen LogP contribution in [0.3, 0.4) is 0 Å². The number of nitrogens with zero attached hydrogens (tertiary/aromatic N) is 3. The molecule has 0 fully saturated rings. The summed E-state index contributed by atoms with van der Waals surface area (Å²) in [6, 6.07) is 14.8. The topological polar surface area (TPSA) is 177 Å². The van der Waals surface area contributed by atoms with Gasteiger partial charge in [0.1, 0.15) is 18.2 Å². The summed E-state index contributed by atoms with van der Waals surface area (Å²) in [5.41, 5.74) is 8.12. The number of aryl methyl sites for hydroxylation is 1. The molecule has 1 atom stereocenters. The molecule has 4 rings (SSSR count). The molecule has 0 spiro atoms. The summed E-state index contributed by atoms with van der Waals surface area (Å²) in [6.07, 6.45) is -5.02. The SMILES string of the molecule is CCc1cc(OCCN(C)C)c(F)c(C(Nc2ccc(Br)c(CNC(=O)OC(C)(C)C)c2)c2nn(-c3ccccc3N)c(=O)[nH]2)c1.O=C(O)C(F)(F)F. The first kappa shape index (κ1) is 42.3. The van der Waals surface area contributed by atoms with Crippen LogP contribution in [0.1, 0.15) is 56.3 Å². The molecule has 1 amide bonds. The number of carboxylic acid groups (broad SMARTS) is 1. The largest absolute Gasteiger partial charge is 0.490 e. The second-order valence-corrected chi connectivity index (χ2v) is 13.7. The number of carboxylic acids is 1. The Bertz CT molecular complexity index is 1940. The van der Waals surface area contributed by atoms with E-state index in [-0.39, 0.29) is 30.3 Å². The van der Waals surface area contributed by atoms with Gasteiger partial charge in [-0.15, -0.1) is 5.10 Å². The van der Waals surface area contributed by atoms with Gasteiger partial charge in [0.05, 0.1) is 11.4 Å². The first-order valence-electron chi connectivity index (χ1n) is 16.2. The third-order valence-electron chi connectivity index (χ3n) is 7.14. The molecule has 1 unspecified atom stereocenters. The van der Waals surface area contributed by atoms with Crippen LogP contribution in [0.5, 0.6) is 5.75 Å². The van der Waals surface area contributed by atoms with E-state index in [1.54, 1.807) is 63.2 Å². The predicted molar refractivity (Wildman–Crippen MR) is 195 cm³/mol. The Morgan fingerprint density at radius 2 is 1.77 bits per heavy atom. The number of para-hydroxylation sites is 2. The smallest absolute Gasteiger partial charge is 0.489 e. The number of aromatic amines is 1. The number of carbonyl (C=O) groups is 2. The number of hydrogen-bond acceptors (Lipinski definition) is 9. The number of amides is 1. The van der Waals surface area contributed by atoms with Crippen molar-refractivity contribution >= 4 is 39.4 Å². The Hall–Kier alpha value is -5.10. The van der Waals surface area contributed by atoms with Crippen LogP contribution in [0, 0.1) is 5.82 Å². The quantitative estimate of drug-likeness (QED) is 0.0795. The molecule has 3 aromatic carbocycles. The van der Waals surface area contributed by atoms with Crippen molar-refractivity contribution in [1.82, 2.24) is 25.0 Å². The maximum absolute atomic E-state index is 16.3. The van der Waals surface area contributed by atoms with Gasteiger partial charge in [0, 0.05) is 28.8 Å². The van der Waals surface area contributed by atoms with Gasteiger partial charge in [-0.1, -0.05) is 41.1 Å². The third-order valence-corrected chi connectivity index (χ3v) is 7.91. The molecule has 0 aliphatic heterocycles. The number of benzene rings is 3. The summed E-state index contributed by atoms with van der Waals surface area (Å²) in [5.74, 6) is -3.06. The molecule has 0 saturated carbocycles. The summed E-state index contributed by atoms with van der Waals surface area (Å²) < 4.78 is 61.2. The van der Waals surface area contributed by atoms with Crippen molar-refractivity contribution < 1.29 is 41.7 Å². The van der Waals surface area contributed by atoms with Gasteiger partial charge in [0.2, 0.25) is 0 Å². The van der Waals surface area contributed by atoms with E-state index in [4.69, 9.17) is 25.1 Å². The molecule has 53 heavy (non-hydrogen) atoms. The van der Waals surface area contributed by atoms with Crippen molar-refractivity contribution in [3.05, 3.63) is 97.9 Å². The molecular weight excluding hydrogens is 770 g/mol. The maximum atomic E-state index is 16.3. The molecule has 0 bridgehead atoms. The average molecular weight is 813 g/mol. The van der Waals surface area contributed by atoms with E-state index in [0.29, 0.717) is 30.0 Å². The van der Waals surface area contributed by atoms with Gasteiger partial charge in [-0.2, -0.15) is 17.9 Å². The summed E-state index contributed by atoms with van der Waals surface area (Å²) in [5, 5.41) is 17.8. The lowest BCUT2D eigenvalue weighted by Crippen LogP contribution is -2.32. The van der Waals surface area contributed by atoms with Crippen LogP contribution < -0.4 is 26.8 Å². The Balaban J connectivity index is 0.000000980. The summed E-state index contributed by atoms with van der Waals surface area (Å²) in [7, 11) is 3.82. The van der Waals surface area contributed by atoms with Crippen molar-refractivity contribution in [2.45, 2.75) is 58.5 Å². The van der Waals surface area contributed by atoms with Crippen LogP contribution in [-0.2, 0) is 22.5 Å². The molecule has 0 aliphatic carbocycles. The van der Waals surface area contributed by atoms with Gasteiger partial charge >= 0.3 is 23.9 Å². The lowest BCUT2D eigenvalue weighted by molar-refractivity contribution is -0.192. The highest BCUT2D eigenvalue weighted by atomic mass is 79.9. The maximum Gasteiger partial charge on any atom is 0.490 e. The minimum atomic E-state index is -5.08. The number of aromatic nitrogens is 3. The molecule has 13 nitrogen and oxygen atoms in total. The van der Waals surface area contributed by atoms with Gasteiger partial charge in [-0.25, -0.2) is 18.8 Å². The van der Waals surface area contributed by atoms with Gasteiger partial charge in [0.25, 0.3) is 0 Å². The van der Waals surface area contributed by atoms with E-state index in [9.17, 15) is 22.8 Å². The van der Waals surface area contributed by atoms with Crippen LogP contribution in [0.4, 0.5) is 33.7 Å². The normalized spacial score (nSPS) is 12.1. The Labute approximate surface area is 311 Å². The molecule has 1 aromatic heterocycles. The number of ether oxygens (including phenoxy) is 2. The van der Waals surface area contributed by atoms with Crippen LogP contribution >= 0.6 is 15.9 Å². The molecule has 18 heteroatoms. The van der Waals surface area contributed by atoms with Gasteiger partial charge in [0.15, 0.2) is 17.4 Å². The monoisotopic (exact) mass is 811 g/mol. The van der Waals surface area contributed by atoms with E-state index in [1.165, 1.54) is 0 Å². The summed E-state index contributed by atoms with van der Waals surface area (Å²) in [4.78, 5) is 39.2. The van der Waals surface area contributed by atoms with E-state index in [0.717, 1.165) is 20.3 Å². The van der Waals surface area contributed by atoms with Crippen molar-refractivity contribution in [3.8, 4) is 11.4 Å². The number of halogens is 5. The first-order chi connectivity index (χ1) is 24.7. The molecule has 4 aromatic rings. The highest BCUT2D eigenvalue weighted by Crippen LogP contribution is 2.34. The summed E-state index contributed by atoms with van der Waals surface area (Å²) in [6.45, 7) is 8.38. The van der Waals surface area contributed by atoms with E-state index >= 15 is 4.39 Å². The van der Waals surface area contributed by atoms with Crippen molar-refractivity contribution in [3.63, 3.8) is 0 Å². The molecule has 1 heterocycles. The fourth-order valence-electron chi connectivity index (χ4n) is 4.59. The zero-order valence-electron chi connectivity index (χ0n) is 29.9. The number of H-pyrrole nitrogens is 1. The van der Waals surface area contributed by atoms with Crippen LogP contribution in [0.2, 0.25) is 0 Å². The van der Waals surface area contributed by atoms with Gasteiger partial charge in [-0.05, 0) is 88.8 Å². The molecule has 0 aliphatic rings. The second-order valence-electron chi connectivity index (χ2n) is 12.8. The molecule has 0 radical (unpaired) electrons. The zero-order chi connectivity index (χ0) is 39.7. The lowest BCUT2D eigenvalue weighted by Gasteiger charge is -2.22. The number of nitrogens with two attached hydrogens (primary N) is 1. The third kappa shape index (κ3) is 12.5. The average Bonchev–Trinajstić information content (AvgIpc) is 3.44.